The van der Waals surface area contributed by atoms with Crippen molar-refractivity contribution in [1.29, 1.82) is 0 Å². The summed E-state index contributed by atoms with van der Waals surface area (Å²) >= 11 is 0. The topological polar surface area (TPSA) is 49.3 Å². The Morgan fingerprint density at radius 3 is 2.18 bits per heavy atom. The lowest BCUT2D eigenvalue weighted by molar-refractivity contribution is -0.131. The smallest absolute Gasteiger partial charge is 0.328 e. The molecule has 0 aromatic heterocycles. The average molecular weight is 235 g/mol. The van der Waals surface area contributed by atoms with E-state index in [0.717, 1.165) is 17.8 Å². The van der Waals surface area contributed by atoms with E-state index in [1.165, 1.54) is 44.6 Å². The van der Waals surface area contributed by atoms with Crippen LogP contribution in [0, 0.1) is 17.8 Å². The number of rotatable bonds is 4. The molecule has 0 aliphatic heterocycles. The molecule has 2 N–H and O–H groups in total. The van der Waals surface area contributed by atoms with Gasteiger partial charge in [-0.1, -0.05) is 6.08 Å². The number of hydrogen-bond acceptors (Lipinski definition) is 2. The molecule has 4 saturated carbocycles. The summed E-state index contributed by atoms with van der Waals surface area (Å²) in [6.45, 7) is 0.707. The summed E-state index contributed by atoms with van der Waals surface area (Å²) in [7, 11) is 0. The molecule has 17 heavy (non-hydrogen) atoms. The van der Waals surface area contributed by atoms with Crippen molar-refractivity contribution in [2.45, 2.75) is 44.1 Å². The number of carbonyl (C=O) groups is 1. The van der Waals surface area contributed by atoms with Gasteiger partial charge in [-0.2, -0.15) is 0 Å². The van der Waals surface area contributed by atoms with Crippen LogP contribution < -0.4 is 5.32 Å². The quantitative estimate of drug-likeness (QED) is 0.734. The molecule has 4 aliphatic rings. The van der Waals surface area contributed by atoms with Crippen LogP contribution in [0.15, 0.2) is 12.2 Å². The first kappa shape index (κ1) is 11.3. The highest BCUT2D eigenvalue weighted by molar-refractivity contribution is 5.79. The van der Waals surface area contributed by atoms with Crippen LogP contribution in [-0.2, 0) is 4.79 Å². The first-order chi connectivity index (χ1) is 8.15. The van der Waals surface area contributed by atoms with Crippen molar-refractivity contribution < 1.29 is 9.90 Å². The molecule has 0 spiro atoms. The molecular formula is C14H21NO2. The zero-order chi connectivity index (χ0) is 11.9. The van der Waals surface area contributed by atoms with Crippen molar-refractivity contribution in [2.75, 3.05) is 6.54 Å². The first-order valence-electron chi connectivity index (χ1n) is 6.80. The fraction of sp³-hybridized carbons (Fsp3) is 0.786. The number of carboxylic acid groups (broad SMARTS) is 1. The van der Waals surface area contributed by atoms with Crippen molar-refractivity contribution in [3.8, 4) is 0 Å². The number of nitrogens with one attached hydrogen (secondary N) is 1. The zero-order valence-corrected chi connectivity index (χ0v) is 10.2. The Bertz CT molecular complexity index is 313. The van der Waals surface area contributed by atoms with Gasteiger partial charge in [0.25, 0.3) is 0 Å². The van der Waals surface area contributed by atoms with Gasteiger partial charge >= 0.3 is 5.97 Å². The highest BCUT2D eigenvalue weighted by Crippen LogP contribution is 2.55. The molecule has 3 heteroatoms. The molecule has 0 aromatic rings. The van der Waals surface area contributed by atoms with Crippen LogP contribution in [0.3, 0.4) is 0 Å². The normalized spacial score (nSPS) is 43.4. The van der Waals surface area contributed by atoms with Gasteiger partial charge in [-0.15, -0.1) is 0 Å². The SMILES string of the molecule is O=C(O)/C=C/CNC12CC3CC(CC(C3)C1)C2. The van der Waals surface area contributed by atoms with Crippen molar-refractivity contribution in [3.63, 3.8) is 0 Å². The van der Waals surface area contributed by atoms with Gasteiger partial charge in [-0.05, 0) is 56.3 Å². The Kier molecular flexibility index (Phi) is 2.74. The minimum absolute atomic E-state index is 0.345. The second kappa shape index (κ2) is 4.13. The van der Waals surface area contributed by atoms with Crippen LogP contribution in [0.25, 0.3) is 0 Å². The third-order valence-corrected chi connectivity index (χ3v) is 4.89. The second-order valence-electron chi connectivity index (χ2n) is 6.32. The summed E-state index contributed by atoms with van der Waals surface area (Å²) < 4.78 is 0. The minimum atomic E-state index is -0.850. The van der Waals surface area contributed by atoms with E-state index in [9.17, 15) is 4.79 Å². The van der Waals surface area contributed by atoms with E-state index in [0.29, 0.717) is 12.1 Å². The molecule has 0 radical (unpaired) electrons. The highest BCUT2D eigenvalue weighted by atomic mass is 16.4. The van der Waals surface area contributed by atoms with Crippen LogP contribution in [-0.4, -0.2) is 23.2 Å². The molecule has 94 valence electrons. The zero-order valence-electron chi connectivity index (χ0n) is 10.2. The van der Waals surface area contributed by atoms with Crippen molar-refractivity contribution in [2.24, 2.45) is 17.8 Å². The summed E-state index contributed by atoms with van der Waals surface area (Å²) in [4.78, 5) is 10.4. The monoisotopic (exact) mass is 235 g/mol. The third kappa shape index (κ3) is 2.25. The van der Waals surface area contributed by atoms with Crippen LogP contribution in [0.5, 0.6) is 0 Å². The molecular weight excluding hydrogens is 214 g/mol. The maximum Gasteiger partial charge on any atom is 0.328 e. The maximum atomic E-state index is 10.4. The first-order valence-corrected chi connectivity index (χ1v) is 6.80. The van der Waals surface area contributed by atoms with Gasteiger partial charge in [-0.3, -0.25) is 0 Å². The molecule has 3 nitrogen and oxygen atoms in total. The predicted molar refractivity (Wildman–Crippen MR) is 65.7 cm³/mol. The van der Waals surface area contributed by atoms with Gasteiger partial charge < -0.3 is 10.4 Å². The van der Waals surface area contributed by atoms with E-state index in [1.54, 1.807) is 6.08 Å². The fourth-order valence-electron chi connectivity index (χ4n) is 4.76. The summed E-state index contributed by atoms with van der Waals surface area (Å²) in [5, 5.41) is 12.2. The molecule has 0 unspecified atom stereocenters. The minimum Gasteiger partial charge on any atom is -0.478 e. The molecule has 0 amide bonds. The van der Waals surface area contributed by atoms with Gasteiger partial charge in [0.05, 0.1) is 0 Å². The van der Waals surface area contributed by atoms with Crippen molar-refractivity contribution in [3.05, 3.63) is 12.2 Å². The number of hydrogen-bond donors (Lipinski definition) is 2. The Morgan fingerprint density at radius 2 is 1.71 bits per heavy atom. The lowest BCUT2D eigenvalue weighted by Crippen LogP contribution is -2.58. The number of carboxylic acids is 1. The Labute approximate surface area is 102 Å². The van der Waals surface area contributed by atoms with Gasteiger partial charge in [-0.25, -0.2) is 4.79 Å². The van der Waals surface area contributed by atoms with Crippen molar-refractivity contribution in [1.82, 2.24) is 5.32 Å². The van der Waals surface area contributed by atoms with E-state index in [-0.39, 0.29) is 0 Å². The van der Waals surface area contributed by atoms with E-state index in [1.807, 2.05) is 0 Å². The predicted octanol–water partition coefficient (Wildman–Crippen LogP) is 2.19. The summed E-state index contributed by atoms with van der Waals surface area (Å²) in [5.74, 6) is 1.98. The molecule has 4 bridgehead atoms. The molecule has 0 saturated heterocycles. The lowest BCUT2D eigenvalue weighted by atomic mass is 9.53. The van der Waals surface area contributed by atoms with Crippen LogP contribution in [0.2, 0.25) is 0 Å². The van der Waals surface area contributed by atoms with E-state index in [4.69, 9.17) is 5.11 Å². The summed E-state index contributed by atoms with van der Waals surface area (Å²) in [6.07, 6.45) is 11.3. The van der Waals surface area contributed by atoms with Gasteiger partial charge in [0, 0.05) is 18.2 Å². The van der Waals surface area contributed by atoms with E-state index < -0.39 is 5.97 Å². The molecule has 4 rings (SSSR count). The summed E-state index contributed by atoms with van der Waals surface area (Å²) in [6, 6.07) is 0. The molecule has 4 fully saturated rings. The Morgan fingerprint density at radius 1 is 1.18 bits per heavy atom. The fourth-order valence-corrected chi connectivity index (χ4v) is 4.76. The van der Waals surface area contributed by atoms with Crippen LogP contribution >= 0.6 is 0 Å². The molecule has 4 aliphatic carbocycles. The molecule has 0 aromatic carbocycles. The Hall–Kier alpha value is -0.830. The molecule has 0 heterocycles. The van der Waals surface area contributed by atoms with E-state index in [2.05, 4.69) is 5.32 Å². The second-order valence-corrected chi connectivity index (χ2v) is 6.32. The van der Waals surface area contributed by atoms with Gasteiger partial charge in [0.2, 0.25) is 0 Å². The van der Waals surface area contributed by atoms with Gasteiger partial charge in [0.15, 0.2) is 0 Å². The summed E-state index contributed by atoms with van der Waals surface area (Å²) in [5.41, 5.74) is 0.345. The maximum absolute atomic E-state index is 10.4. The van der Waals surface area contributed by atoms with Crippen molar-refractivity contribution >= 4 is 5.97 Å². The number of aliphatic carboxylic acids is 1. The average Bonchev–Trinajstić information content (AvgIpc) is 2.22. The standard InChI is InChI=1S/C14H21NO2/c16-13(17)2-1-3-15-14-7-10-4-11(8-14)6-12(5-10)9-14/h1-2,10-12,15H,3-9H2,(H,16,17)/b2-1+. The largest absolute Gasteiger partial charge is 0.478 e. The van der Waals surface area contributed by atoms with E-state index >= 15 is 0 Å². The lowest BCUT2D eigenvalue weighted by Gasteiger charge is -2.57. The van der Waals surface area contributed by atoms with Gasteiger partial charge in [0.1, 0.15) is 0 Å². The Balaban J connectivity index is 1.60. The third-order valence-electron chi connectivity index (χ3n) is 4.89. The molecule has 0 atom stereocenters. The highest BCUT2D eigenvalue weighted by Gasteiger charge is 2.50. The van der Waals surface area contributed by atoms with Crippen LogP contribution in [0.1, 0.15) is 38.5 Å². The van der Waals surface area contributed by atoms with Crippen LogP contribution in [0.4, 0.5) is 0 Å².